The molecule has 0 bridgehead atoms. The van der Waals surface area contributed by atoms with E-state index in [1.54, 1.807) is 30.4 Å². The van der Waals surface area contributed by atoms with E-state index in [4.69, 9.17) is 14.2 Å². The molecule has 1 fully saturated rings. The van der Waals surface area contributed by atoms with Crippen LogP contribution in [-0.2, 0) is 11.3 Å². The van der Waals surface area contributed by atoms with Crippen molar-refractivity contribution < 1.29 is 19.0 Å². The minimum absolute atomic E-state index is 0.108. The number of benzene rings is 2. The molecule has 0 N–H and O–H groups in total. The fourth-order valence-electron chi connectivity index (χ4n) is 2.95. The second-order valence-corrected chi connectivity index (χ2v) is 5.91. The zero-order valence-corrected chi connectivity index (χ0v) is 13.8. The average molecular weight is 338 g/mol. The first-order valence-electron chi connectivity index (χ1n) is 8.08. The Morgan fingerprint density at radius 1 is 1.24 bits per heavy atom. The highest BCUT2D eigenvalue weighted by molar-refractivity contribution is 6.03. The van der Waals surface area contributed by atoms with Gasteiger partial charge in [0, 0.05) is 12.3 Å². The van der Waals surface area contributed by atoms with Gasteiger partial charge < -0.3 is 19.1 Å². The number of amides is 1. The van der Waals surface area contributed by atoms with Gasteiger partial charge in [0.25, 0.3) is 5.91 Å². The van der Waals surface area contributed by atoms with Crippen LogP contribution in [0, 0.1) is 0 Å². The Kier molecular flexibility index (Phi) is 4.11. The predicted molar refractivity (Wildman–Crippen MR) is 92.7 cm³/mol. The molecule has 0 saturated carbocycles. The number of carbonyl (C=O) groups is 1. The van der Waals surface area contributed by atoms with Crippen molar-refractivity contribution in [3.8, 4) is 11.5 Å². The largest absolute Gasteiger partial charge is 0.493 e. The number of hydrogen-bond acceptors (Lipinski definition) is 5. The lowest BCUT2D eigenvalue weighted by Gasteiger charge is -2.18. The maximum absolute atomic E-state index is 12.7. The molecule has 0 aromatic heterocycles. The number of carbonyl (C=O) groups excluding carboxylic acids is 1. The molecular weight excluding hydrogens is 320 g/mol. The molecule has 6 nitrogen and oxygen atoms in total. The SMILES string of the molecule is COc1cc2c(cc1OCc1ccccc1)N=CC1COCN1C2=O. The van der Waals surface area contributed by atoms with E-state index < -0.39 is 0 Å². The Morgan fingerprint density at radius 2 is 2.08 bits per heavy atom. The normalized spacial score (nSPS) is 18.5. The van der Waals surface area contributed by atoms with Crippen molar-refractivity contribution in [2.24, 2.45) is 4.99 Å². The Bertz CT molecular complexity index is 820. The summed E-state index contributed by atoms with van der Waals surface area (Å²) in [6.07, 6.45) is 1.75. The van der Waals surface area contributed by atoms with Gasteiger partial charge in [0.05, 0.1) is 31.0 Å². The van der Waals surface area contributed by atoms with Crippen molar-refractivity contribution in [2.45, 2.75) is 12.6 Å². The van der Waals surface area contributed by atoms with Crippen LogP contribution in [0.1, 0.15) is 15.9 Å². The van der Waals surface area contributed by atoms with E-state index >= 15 is 0 Å². The molecule has 1 amide bonds. The van der Waals surface area contributed by atoms with E-state index in [-0.39, 0.29) is 18.7 Å². The van der Waals surface area contributed by atoms with E-state index in [0.29, 0.717) is 36.0 Å². The van der Waals surface area contributed by atoms with Crippen LogP contribution in [0.25, 0.3) is 0 Å². The van der Waals surface area contributed by atoms with Crippen LogP contribution in [0.15, 0.2) is 47.5 Å². The molecule has 1 atom stereocenters. The zero-order chi connectivity index (χ0) is 17.2. The molecule has 0 spiro atoms. The summed E-state index contributed by atoms with van der Waals surface area (Å²) < 4.78 is 16.7. The quantitative estimate of drug-likeness (QED) is 0.860. The second-order valence-electron chi connectivity index (χ2n) is 5.91. The van der Waals surface area contributed by atoms with Crippen molar-refractivity contribution in [3.05, 3.63) is 53.6 Å². The van der Waals surface area contributed by atoms with Crippen molar-refractivity contribution in [3.63, 3.8) is 0 Å². The topological polar surface area (TPSA) is 60.4 Å². The number of methoxy groups -OCH3 is 1. The van der Waals surface area contributed by atoms with Gasteiger partial charge in [-0.05, 0) is 11.6 Å². The second kappa shape index (κ2) is 6.57. The lowest BCUT2D eigenvalue weighted by Crippen LogP contribution is -2.36. The number of ether oxygens (including phenoxy) is 3. The van der Waals surface area contributed by atoms with Gasteiger partial charge in [-0.1, -0.05) is 30.3 Å². The number of rotatable bonds is 4. The summed E-state index contributed by atoms with van der Waals surface area (Å²) in [4.78, 5) is 18.9. The molecule has 25 heavy (non-hydrogen) atoms. The molecule has 1 unspecified atom stereocenters. The molecule has 6 heteroatoms. The maximum atomic E-state index is 12.7. The summed E-state index contributed by atoms with van der Waals surface area (Å²) in [5, 5.41) is 0. The molecule has 128 valence electrons. The van der Waals surface area contributed by atoms with Gasteiger partial charge in [0.1, 0.15) is 13.3 Å². The summed E-state index contributed by atoms with van der Waals surface area (Å²) in [7, 11) is 1.56. The lowest BCUT2D eigenvalue weighted by atomic mass is 10.1. The minimum atomic E-state index is -0.125. The molecule has 2 aliphatic heterocycles. The number of fused-ring (bicyclic) bond motifs is 2. The smallest absolute Gasteiger partial charge is 0.258 e. The van der Waals surface area contributed by atoms with Crippen LogP contribution in [-0.4, -0.2) is 43.5 Å². The zero-order valence-electron chi connectivity index (χ0n) is 13.8. The van der Waals surface area contributed by atoms with Gasteiger partial charge in [0.2, 0.25) is 0 Å². The van der Waals surface area contributed by atoms with Gasteiger partial charge in [-0.3, -0.25) is 9.79 Å². The van der Waals surface area contributed by atoms with Gasteiger partial charge in [-0.25, -0.2) is 0 Å². The van der Waals surface area contributed by atoms with Crippen molar-refractivity contribution in [1.29, 1.82) is 0 Å². The van der Waals surface area contributed by atoms with E-state index in [0.717, 1.165) is 5.56 Å². The first-order valence-corrected chi connectivity index (χ1v) is 8.08. The van der Waals surface area contributed by atoms with Crippen LogP contribution >= 0.6 is 0 Å². The maximum Gasteiger partial charge on any atom is 0.258 e. The van der Waals surface area contributed by atoms with Gasteiger partial charge in [-0.15, -0.1) is 0 Å². The highest BCUT2D eigenvalue weighted by Gasteiger charge is 2.33. The Hall–Kier alpha value is -2.86. The van der Waals surface area contributed by atoms with Crippen LogP contribution in [0.5, 0.6) is 11.5 Å². The first kappa shape index (κ1) is 15.7. The molecule has 2 aromatic rings. The summed E-state index contributed by atoms with van der Waals surface area (Å²) >= 11 is 0. The van der Waals surface area contributed by atoms with Crippen LogP contribution in [0.3, 0.4) is 0 Å². The minimum Gasteiger partial charge on any atom is -0.493 e. The first-order chi connectivity index (χ1) is 12.3. The van der Waals surface area contributed by atoms with Crippen molar-refractivity contribution >= 4 is 17.8 Å². The van der Waals surface area contributed by atoms with Crippen molar-refractivity contribution in [2.75, 3.05) is 20.4 Å². The lowest BCUT2D eigenvalue weighted by molar-refractivity contribution is 0.0684. The average Bonchev–Trinajstić information content (AvgIpc) is 3.08. The fraction of sp³-hybridized carbons (Fsp3) is 0.263. The molecule has 2 aliphatic rings. The number of aliphatic imine (C=N–C) groups is 1. The van der Waals surface area contributed by atoms with Crippen LogP contribution in [0.2, 0.25) is 0 Å². The van der Waals surface area contributed by atoms with E-state index in [2.05, 4.69) is 4.99 Å². The standard InChI is InChI=1S/C19H18N2O4/c1-23-17-7-15-16(20-9-14-11-24-12-21(14)19(15)22)8-18(17)25-10-13-5-3-2-4-6-13/h2-9,14H,10-12H2,1H3. The fourth-order valence-corrected chi connectivity index (χ4v) is 2.95. The van der Waals surface area contributed by atoms with Crippen LogP contribution < -0.4 is 9.47 Å². The van der Waals surface area contributed by atoms with Gasteiger partial charge in [0.15, 0.2) is 11.5 Å². The molecule has 0 radical (unpaired) electrons. The van der Waals surface area contributed by atoms with E-state index in [1.165, 1.54) is 0 Å². The highest BCUT2D eigenvalue weighted by atomic mass is 16.5. The molecule has 1 saturated heterocycles. The predicted octanol–water partition coefficient (Wildman–Crippen LogP) is 2.79. The molecule has 0 aliphatic carbocycles. The summed E-state index contributed by atoms with van der Waals surface area (Å²) in [6.45, 7) is 1.16. The van der Waals surface area contributed by atoms with Gasteiger partial charge in [-0.2, -0.15) is 0 Å². The molecule has 2 heterocycles. The molecular formula is C19H18N2O4. The number of nitrogens with zero attached hydrogens (tertiary/aromatic N) is 2. The Balaban J connectivity index is 1.65. The van der Waals surface area contributed by atoms with Crippen LogP contribution in [0.4, 0.5) is 5.69 Å². The molecule has 4 rings (SSSR count). The molecule has 2 aromatic carbocycles. The monoisotopic (exact) mass is 338 g/mol. The third-order valence-electron chi connectivity index (χ3n) is 4.32. The third-order valence-corrected chi connectivity index (χ3v) is 4.32. The number of hydrogen-bond donors (Lipinski definition) is 0. The Labute approximate surface area is 145 Å². The Morgan fingerprint density at radius 3 is 2.88 bits per heavy atom. The summed E-state index contributed by atoms with van der Waals surface area (Å²) in [6, 6.07) is 13.2. The summed E-state index contributed by atoms with van der Waals surface area (Å²) in [5.41, 5.74) is 2.13. The third kappa shape index (κ3) is 2.96. The van der Waals surface area contributed by atoms with E-state index in [1.807, 2.05) is 30.3 Å². The highest BCUT2D eigenvalue weighted by Crippen LogP contribution is 2.37. The van der Waals surface area contributed by atoms with E-state index in [9.17, 15) is 4.79 Å². The van der Waals surface area contributed by atoms with Gasteiger partial charge >= 0.3 is 0 Å². The summed E-state index contributed by atoms with van der Waals surface area (Å²) in [5.74, 6) is 0.966. The van der Waals surface area contributed by atoms with Crippen molar-refractivity contribution in [1.82, 2.24) is 4.90 Å².